The van der Waals surface area contributed by atoms with Gasteiger partial charge in [-0.25, -0.2) is 0 Å². The third-order valence-corrected chi connectivity index (χ3v) is 2.92. The molecule has 0 fully saturated rings. The molecular formula is C13H21NO2. The van der Waals surface area contributed by atoms with Crippen molar-refractivity contribution in [1.29, 1.82) is 0 Å². The molecule has 1 aliphatic heterocycles. The van der Waals surface area contributed by atoms with E-state index in [-0.39, 0.29) is 12.5 Å². The van der Waals surface area contributed by atoms with Gasteiger partial charge >= 0.3 is 0 Å². The second kappa shape index (κ2) is 5.85. The average molecular weight is 223 g/mol. The van der Waals surface area contributed by atoms with Crippen LogP contribution in [0.1, 0.15) is 33.6 Å². The number of hydrogen-bond donors (Lipinski definition) is 1. The summed E-state index contributed by atoms with van der Waals surface area (Å²) < 4.78 is 0. The second-order valence-corrected chi connectivity index (χ2v) is 4.29. The highest BCUT2D eigenvalue weighted by Crippen LogP contribution is 2.29. The van der Waals surface area contributed by atoms with Crippen LogP contribution in [0, 0.1) is 5.92 Å². The SMILES string of the molecule is CCN1C(=O)CCC(C(C)C)=C1/C=C\CO. The minimum absolute atomic E-state index is 0.0145. The lowest BCUT2D eigenvalue weighted by Gasteiger charge is -2.31. The van der Waals surface area contributed by atoms with Crippen LogP contribution in [0.25, 0.3) is 0 Å². The number of allylic oxidation sites excluding steroid dienone is 2. The first kappa shape index (κ1) is 13.0. The van der Waals surface area contributed by atoms with Crippen molar-refractivity contribution in [2.24, 2.45) is 5.92 Å². The molecule has 0 spiro atoms. The lowest BCUT2D eigenvalue weighted by Crippen LogP contribution is -2.34. The molecule has 0 bridgehead atoms. The fourth-order valence-corrected chi connectivity index (χ4v) is 2.10. The Morgan fingerprint density at radius 3 is 2.62 bits per heavy atom. The monoisotopic (exact) mass is 223 g/mol. The van der Waals surface area contributed by atoms with Gasteiger partial charge in [0, 0.05) is 18.7 Å². The Kier molecular flexibility index (Phi) is 4.74. The normalized spacial score (nSPS) is 18.1. The van der Waals surface area contributed by atoms with Crippen LogP contribution >= 0.6 is 0 Å². The van der Waals surface area contributed by atoms with Gasteiger partial charge in [-0.3, -0.25) is 4.79 Å². The molecule has 90 valence electrons. The van der Waals surface area contributed by atoms with Gasteiger partial charge in [0.2, 0.25) is 5.91 Å². The standard InChI is InChI=1S/C13H21NO2/c1-4-14-12(6-5-9-15)11(10(2)3)7-8-13(14)16/h5-6,10,15H,4,7-9H2,1-3H3/b6-5-. The number of amides is 1. The Hall–Kier alpha value is -1.09. The number of carbonyl (C=O) groups is 1. The zero-order valence-electron chi connectivity index (χ0n) is 10.4. The van der Waals surface area contributed by atoms with Gasteiger partial charge < -0.3 is 10.0 Å². The number of hydrogen-bond acceptors (Lipinski definition) is 2. The molecule has 0 unspecified atom stereocenters. The molecule has 3 nitrogen and oxygen atoms in total. The predicted molar refractivity (Wildman–Crippen MR) is 64.7 cm³/mol. The smallest absolute Gasteiger partial charge is 0.227 e. The molecular weight excluding hydrogens is 202 g/mol. The summed E-state index contributed by atoms with van der Waals surface area (Å²) in [6, 6.07) is 0. The van der Waals surface area contributed by atoms with Crippen molar-refractivity contribution in [3.05, 3.63) is 23.4 Å². The van der Waals surface area contributed by atoms with Gasteiger partial charge in [-0.15, -0.1) is 0 Å². The van der Waals surface area contributed by atoms with Crippen LogP contribution in [0.5, 0.6) is 0 Å². The maximum absolute atomic E-state index is 11.8. The first-order valence-electron chi connectivity index (χ1n) is 5.92. The summed E-state index contributed by atoms with van der Waals surface area (Å²) in [5, 5.41) is 8.83. The molecule has 1 N–H and O–H groups in total. The maximum Gasteiger partial charge on any atom is 0.227 e. The van der Waals surface area contributed by atoms with Crippen LogP contribution in [0.3, 0.4) is 0 Å². The number of aliphatic hydroxyl groups excluding tert-OH is 1. The molecule has 3 heteroatoms. The van der Waals surface area contributed by atoms with Crippen LogP contribution in [0.15, 0.2) is 23.4 Å². The minimum atomic E-state index is 0.0145. The molecule has 0 aromatic heterocycles. The van der Waals surface area contributed by atoms with Crippen LogP contribution in [0.2, 0.25) is 0 Å². The Morgan fingerprint density at radius 1 is 1.44 bits per heavy atom. The fraction of sp³-hybridized carbons (Fsp3) is 0.615. The maximum atomic E-state index is 11.8. The minimum Gasteiger partial charge on any atom is -0.392 e. The highest BCUT2D eigenvalue weighted by Gasteiger charge is 2.24. The van der Waals surface area contributed by atoms with Crippen molar-refractivity contribution in [1.82, 2.24) is 4.90 Å². The third kappa shape index (κ3) is 2.73. The van der Waals surface area contributed by atoms with Crippen molar-refractivity contribution in [2.75, 3.05) is 13.2 Å². The summed E-state index contributed by atoms with van der Waals surface area (Å²) in [5.74, 6) is 0.630. The van der Waals surface area contributed by atoms with E-state index in [1.54, 1.807) is 6.08 Å². The number of carbonyl (C=O) groups excluding carboxylic acids is 1. The number of nitrogens with zero attached hydrogens (tertiary/aromatic N) is 1. The zero-order chi connectivity index (χ0) is 12.1. The quantitative estimate of drug-likeness (QED) is 0.792. The summed E-state index contributed by atoms with van der Waals surface area (Å²) in [4.78, 5) is 13.6. The average Bonchev–Trinajstić information content (AvgIpc) is 2.25. The van der Waals surface area contributed by atoms with Gasteiger partial charge in [0.15, 0.2) is 0 Å². The lowest BCUT2D eigenvalue weighted by molar-refractivity contribution is -0.129. The van der Waals surface area contributed by atoms with Gasteiger partial charge in [-0.2, -0.15) is 0 Å². The van der Waals surface area contributed by atoms with Gasteiger partial charge in [0.25, 0.3) is 0 Å². The molecule has 0 aliphatic carbocycles. The summed E-state index contributed by atoms with van der Waals surface area (Å²) >= 11 is 0. The Morgan fingerprint density at radius 2 is 2.12 bits per heavy atom. The van der Waals surface area contributed by atoms with E-state index in [1.165, 1.54) is 5.57 Å². The molecule has 1 rings (SSSR count). The van der Waals surface area contributed by atoms with Crippen LogP contribution in [-0.2, 0) is 4.79 Å². The second-order valence-electron chi connectivity index (χ2n) is 4.29. The van der Waals surface area contributed by atoms with E-state index in [0.29, 0.717) is 18.9 Å². The zero-order valence-corrected chi connectivity index (χ0v) is 10.4. The number of likely N-dealkylation sites (N-methyl/N-ethyl adjacent to an activating group) is 1. The molecule has 16 heavy (non-hydrogen) atoms. The molecule has 0 saturated heterocycles. The third-order valence-electron chi connectivity index (χ3n) is 2.92. The molecule has 1 amide bonds. The predicted octanol–water partition coefficient (Wildman–Crippen LogP) is 2.09. The van der Waals surface area contributed by atoms with E-state index in [2.05, 4.69) is 13.8 Å². The summed E-state index contributed by atoms with van der Waals surface area (Å²) in [6.45, 7) is 6.98. The lowest BCUT2D eigenvalue weighted by atomic mass is 9.92. The largest absolute Gasteiger partial charge is 0.392 e. The number of aliphatic hydroxyl groups is 1. The molecule has 1 heterocycles. The first-order valence-corrected chi connectivity index (χ1v) is 5.92. The van der Waals surface area contributed by atoms with Gasteiger partial charge in [0.05, 0.1) is 6.61 Å². The van der Waals surface area contributed by atoms with Gasteiger partial charge in [0.1, 0.15) is 0 Å². The van der Waals surface area contributed by atoms with Crippen molar-refractivity contribution >= 4 is 5.91 Å². The molecule has 0 aromatic rings. The Bertz CT molecular complexity index is 316. The molecule has 0 radical (unpaired) electrons. The van der Waals surface area contributed by atoms with E-state index >= 15 is 0 Å². The topological polar surface area (TPSA) is 40.5 Å². The molecule has 0 saturated carbocycles. The van der Waals surface area contributed by atoms with Crippen molar-refractivity contribution in [3.8, 4) is 0 Å². The van der Waals surface area contributed by atoms with E-state index in [0.717, 1.165) is 12.1 Å². The Labute approximate surface area is 97.4 Å². The fourth-order valence-electron chi connectivity index (χ4n) is 2.10. The van der Waals surface area contributed by atoms with Gasteiger partial charge in [-0.1, -0.05) is 19.9 Å². The summed E-state index contributed by atoms with van der Waals surface area (Å²) in [6.07, 6.45) is 5.02. The highest BCUT2D eigenvalue weighted by molar-refractivity contribution is 5.80. The molecule has 1 aliphatic rings. The van der Waals surface area contributed by atoms with E-state index in [4.69, 9.17) is 5.11 Å². The van der Waals surface area contributed by atoms with Crippen LogP contribution in [0.4, 0.5) is 0 Å². The van der Waals surface area contributed by atoms with Gasteiger partial charge in [-0.05, 0) is 30.9 Å². The van der Waals surface area contributed by atoms with E-state index < -0.39 is 0 Å². The highest BCUT2D eigenvalue weighted by atomic mass is 16.2. The Balaban J connectivity index is 3.10. The van der Waals surface area contributed by atoms with Crippen LogP contribution in [-0.4, -0.2) is 29.1 Å². The van der Waals surface area contributed by atoms with Crippen LogP contribution < -0.4 is 0 Å². The summed E-state index contributed by atoms with van der Waals surface area (Å²) in [7, 11) is 0. The first-order chi connectivity index (χ1) is 7.61. The molecule has 0 atom stereocenters. The summed E-state index contributed by atoms with van der Waals surface area (Å²) in [5.41, 5.74) is 2.30. The number of rotatable bonds is 4. The van der Waals surface area contributed by atoms with E-state index in [1.807, 2.05) is 17.9 Å². The van der Waals surface area contributed by atoms with Crippen molar-refractivity contribution < 1.29 is 9.90 Å². The van der Waals surface area contributed by atoms with Crippen molar-refractivity contribution in [2.45, 2.75) is 33.6 Å². The van der Waals surface area contributed by atoms with E-state index in [9.17, 15) is 4.79 Å². The van der Waals surface area contributed by atoms with Crippen molar-refractivity contribution in [3.63, 3.8) is 0 Å². The molecule has 0 aromatic carbocycles.